The third-order valence-electron chi connectivity index (χ3n) is 3.31. The molecule has 2 rings (SSSR count). The first-order chi connectivity index (χ1) is 11.6. The molecule has 0 fully saturated rings. The second-order valence-corrected chi connectivity index (χ2v) is 8.61. The zero-order valence-corrected chi connectivity index (χ0v) is 15.1. The van der Waals surface area contributed by atoms with Crippen LogP contribution >= 0.6 is 0 Å². The number of aryl methyl sites for hydroxylation is 2. The second kappa shape index (κ2) is 7.07. The number of benzene rings is 2. The Balaban J connectivity index is 2.63. The highest BCUT2D eigenvalue weighted by atomic mass is 32.2. The van der Waals surface area contributed by atoms with Crippen LogP contribution in [-0.4, -0.2) is 16.8 Å². The van der Waals surface area contributed by atoms with Crippen LogP contribution in [0, 0.1) is 13.8 Å². The fraction of sp³-hybridized carbons (Fsp3) is 0.143. The normalized spacial score (nSPS) is 12.2. The van der Waals surface area contributed by atoms with Gasteiger partial charge in [-0.2, -0.15) is 0 Å². The lowest BCUT2D eigenvalue weighted by Gasteiger charge is -2.15. The number of hydrogen-bond acceptors (Lipinski definition) is 7. The fourth-order valence-electron chi connectivity index (χ4n) is 2.06. The summed E-state index contributed by atoms with van der Waals surface area (Å²) < 4.78 is 53.9. The Morgan fingerprint density at radius 2 is 1.12 bits per heavy atom. The molecule has 0 heterocycles. The van der Waals surface area contributed by atoms with E-state index in [1.807, 2.05) is 0 Å². The number of hydrazine groups is 2. The smallest absolute Gasteiger partial charge is 0.256 e. The van der Waals surface area contributed by atoms with E-state index in [1.54, 1.807) is 35.6 Å². The van der Waals surface area contributed by atoms with E-state index in [9.17, 15) is 16.8 Å². The quantitative estimate of drug-likeness (QED) is 0.414. The average molecular weight is 386 g/mol. The predicted octanol–water partition coefficient (Wildman–Crippen LogP) is 0.400. The predicted molar refractivity (Wildman–Crippen MR) is 91.4 cm³/mol. The summed E-state index contributed by atoms with van der Waals surface area (Å²) in [6, 6.07) is 8.77. The van der Waals surface area contributed by atoms with Crippen LogP contribution in [0.5, 0.6) is 11.5 Å². The monoisotopic (exact) mass is 386 g/mol. The van der Waals surface area contributed by atoms with Gasteiger partial charge >= 0.3 is 0 Å². The van der Waals surface area contributed by atoms with E-state index >= 15 is 0 Å². The van der Waals surface area contributed by atoms with Crippen molar-refractivity contribution < 1.29 is 21.6 Å². The standard InChI is InChI=1S/C14H18N4O5S2/c1-9-3-5-11(13(7-9)24(19,20)17-15)23-12-6-4-10(2)8-14(12)25(21,22)18-16/h3-8,17-18H,15-16H2,1-2H3. The minimum atomic E-state index is -4.02. The van der Waals surface area contributed by atoms with Crippen molar-refractivity contribution in [3.8, 4) is 11.5 Å². The maximum atomic E-state index is 12.1. The van der Waals surface area contributed by atoms with Gasteiger partial charge in [-0.25, -0.2) is 16.8 Å². The van der Waals surface area contributed by atoms with Gasteiger partial charge in [0.2, 0.25) is 0 Å². The average Bonchev–Trinajstić information content (AvgIpc) is 2.57. The number of sulfonamides is 2. The molecule has 0 aliphatic rings. The fourth-order valence-corrected chi connectivity index (χ4v) is 3.75. The molecule has 2 aromatic rings. The molecule has 0 saturated heterocycles. The number of hydrogen-bond donors (Lipinski definition) is 4. The van der Waals surface area contributed by atoms with E-state index in [4.69, 9.17) is 16.4 Å². The third kappa shape index (κ3) is 4.15. The summed E-state index contributed by atoms with van der Waals surface area (Å²) in [4.78, 5) is 2.99. The van der Waals surface area contributed by atoms with Gasteiger partial charge in [0.25, 0.3) is 20.0 Å². The first kappa shape index (κ1) is 19.3. The van der Waals surface area contributed by atoms with Crippen molar-refractivity contribution in [1.29, 1.82) is 0 Å². The summed E-state index contributed by atoms with van der Waals surface area (Å²) in [6.45, 7) is 3.39. The molecule has 0 bridgehead atoms. The molecule has 0 radical (unpaired) electrons. The maximum absolute atomic E-state index is 12.1. The molecule has 6 N–H and O–H groups in total. The van der Waals surface area contributed by atoms with Gasteiger partial charge in [0.1, 0.15) is 21.3 Å². The van der Waals surface area contributed by atoms with Crippen LogP contribution in [0.3, 0.4) is 0 Å². The minimum Gasteiger partial charge on any atom is -0.455 e. The van der Waals surface area contributed by atoms with E-state index in [-0.39, 0.29) is 21.3 Å². The van der Waals surface area contributed by atoms with Crippen molar-refractivity contribution in [1.82, 2.24) is 9.66 Å². The van der Waals surface area contributed by atoms with Crippen molar-refractivity contribution in [2.24, 2.45) is 11.7 Å². The number of ether oxygens (including phenoxy) is 1. The van der Waals surface area contributed by atoms with Gasteiger partial charge in [0, 0.05) is 0 Å². The van der Waals surface area contributed by atoms with Crippen LogP contribution < -0.4 is 26.1 Å². The summed E-state index contributed by atoms with van der Waals surface area (Å²) in [5, 5.41) is 0. The van der Waals surface area contributed by atoms with Gasteiger partial charge < -0.3 is 4.74 Å². The molecule has 11 heteroatoms. The van der Waals surface area contributed by atoms with Gasteiger partial charge in [-0.1, -0.05) is 12.1 Å². The lowest BCUT2D eigenvalue weighted by Crippen LogP contribution is -2.31. The van der Waals surface area contributed by atoms with Crippen LogP contribution in [0.4, 0.5) is 0 Å². The Bertz CT molecular complexity index is 922. The Kier molecular flexibility index (Phi) is 5.46. The van der Waals surface area contributed by atoms with Crippen molar-refractivity contribution in [2.75, 3.05) is 0 Å². The zero-order chi connectivity index (χ0) is 18.8. The molecular weight excluding hydrogens is 368 g/mol. The van der Waals surface area contributed by atoms with Crippen molar-refractivity contribution in [3.05, 3.63) is 47.5 Å². The number of nitrogens with two attached hydrogens (primary N) is 2. The number of rotatable bonds is 6. The summed E-state index contributed by atoms with van der Waals surface area (Å²) in [5.74, 6) is 9.99. The van der Waals surface area contributed by atoms with E-state index in [2.05, 4.69) is 0 Å². The summed E-state index contributed by atoms with van der Waals surface area (Å²) in [6.07, 6.45) is 0. The summed E-state index contributed by atoms with van der Waals surface area (Å²) in [5.41, 5.74) is 1.31. The molecular formula is C14H18N4O5S2. The molecule has 0 aromatic heterocycles. The molecule has 0 unspecified atom stereocenters. The van der Waals surface area contributed by atoms with Gasteiger partial charge in [-0.15, -0.1) is 9.66 Å². The van der Waals surface area contributed by atoms with Crippen LogP contribution in [0.2, 0.25) is 0 Å². The Hall–Kier alpha value is -2.02. The highest BCUT2D eigenvalue weighted by Gasteiger charge is 2.23. The van der Waals surface area contributed by atoms with E-state index in [1.165, 1.54) is 24.3 Å². The van der Waals surface area contributed by atoms with Crippen LogP contribution in [0.1, 0.15) is 11.1 Å². The molecule has 25 heavy (non-hydrogen) atoms. The van der Waals surface area contributed by atoms with Gasteiger partial charge in [0.05, 0.1) is 0 Å². The topological polar surface area (TPSA) is 154 Å². The maximum Gasteiger partial charge on any atom is 0.256 e. The largest absolute Gasteiger partial charge is 0.455 e. The van der Waals surface area contributed by atoms with Crippen molar-refractivity contribution >= 4 is 20.0 Å². The molecule has 2 aromatic carbocycles. The van der Waals surface area contributed by atoms with E-state index in [0.29, 0.717) is 11.1 Å². The van der Waals surface area contributed by atoms with Gasteiger partial charge in [-0.3, -0.25) is 11.7 Å². The van der Waals surface area contributed by atoms with Gasteiger partial charge in [-0.05, 0) is 49.2 Å². The Labute approximate surface area is 146 Å². The Morgan fingerprint density at radius 1 is 0.760 bits per heavy atom. The molecule has 0 amide bonds. The lowest BCUT2D eigenvalue weighted by molar-refractivity contribution is 0.452. The van der Waals surface area contributed by atoms with E-state index < -0.39 is 20.0 Å². The lowest BCUT2D eigenvalue weighted by atomic mass is 10.2. The van der Waals surface area contributed by atoms with Crippen LogP contribution in [0.15, 0.2) is 46.2 Å². The molecule has 0 aliphatic heterocycles. The summed E-state index contributed by atoms with van der Waals surface area (Å²) in [7, 11) is -8.04. The summed E-state index contributed by atoms with van der Waals surface area (Å²) >= 11 is 0. The highest BCUT2D eigenvalue weighted by molar-refractivity contribution is 7.89. The first-order valence-corrected chi connectivity index (χ1v) is 9.91. The van der Waals surface area contributed by atoms with Crippen molar-refractivity contribution in [2.45, 2.75) is 23.6 Å². The van der Waals surface area contributed by atoms with Crippen LogP contribution in [-0.2, 0) is 20.0 Å². The zero-order valence-electron chi connectivity index (χ0n) is 13.5. The minimum absolute atomic E-state index is 0.0825. The van der Waals surface area contributed by atoms with Crippen LogP contribution in [0.25, 0.3) is 0 Å². The SMILES string of the molecule is Cc1ccc(Oc2ccc(C)cc2S(=O)(=O)NN)c(S(=O)(=O)NN)c1. The molecule has 0 spiro atoms. The molecule has 9 nitrogen and oxygen atoms in total. The van der Waals surface area contributed by atoms with Crippen molar-refractivity contribution in [3.63, 3.8) is 0 Å². The number of nitrogens with one attached hydrogen (secondary N) is 2. The second-order valence-electron chi connectivity index (χ2n) is 5.25. The Morgan fingerprint density at radius 3 is 1.44 bits per heavy atom. The van der Waals surface area contributed by atoms with E-state index in [0.717, 1.165) is 0 Å². The highest BCUT2D eigenvalue weighted by Crippen LogP contribution is 2.33. The molecule has 136 valence electrons. The third-order valence-corrected chi connectivity index (χ3v) is 5.72. The molecule has 0 aliphatic carbocycles. The molecule has 0 saturated carbocycles. The first-order valence-electron chi connectivity index (χ1n) is 6.94. The van der Waals surface area contributed by atoms with Gasteiger partial charge in [0.15, 0.2) is 0 Å². The molecule has 0 atom stereocenters.